The van der Waals surface area contributed by atoms with Crippen molar-refractivity contribution < 1.29 is 45.8 Å². The van der Waals surface area contributed by atoms with Gasteiger partial charge in [0.25, 0.3) is 0 Å². The van der Waals surface area contributed by atoms with Crippen LogP contribution in [0.1, 0.15) is 85.7 Å². The smallest absolute Gasteiger partial charge is 0.384 e. The predicted octanol–water partition coefficient (Wildman–Crippen LogP) is -0.703. The first-order chi connectivity index (χ1) is 24.5. The van der Waals surface area contributed by atoms with Crippen LogP contribution < -0.4 is 22.1 Å². The molecule has 20 nitrogen and oxygen atoms in total. The van der Waals surface area contributed by atoms with Crippen LogP contribution in [-0.2, 0) is 19.0 Å². The minimum atomic E-state index is -4.95. The van der Waals surface area contributed by atoms with E-state index in [2.05, 4.69) is 20.9 Å². The molecule has 8 rings (SSSR count). The number of hydrogen-bond donors (Lipinski definition) is 6. The number of fused-ring (bicyclic) bond motifs is 6. The van der Waals surface area contributed by atoms with Gasteiger partial charge >= 0.3 is 22.5 Å². The van der Waals surface area contributed by atoms with Crippen LogP contribution in [0.4, 0.5) is 9.59 Å². The average molecular weight is 737 g/mol. The number of rotatable bonds is 16. The number of hydroxylamine groups is 4. The highest BCUT2D eigenvalue weighted by molar-refractivity contribution is 7.81. The van der Waals surface area contributed by atoms with Crippen molar-refractivity contribution in [1.29, 1.82) is 0 Å². The number of hydrogen-bond acceptors (Lipinski definition) is 16. The normalized spacial score (nSPS) is 28.4. The Bertz CT molecular complexity index is 1630. The molecule has 2 aromatic heterocycles. The summed E-state index contributed by atoms with van der Waals surface area (Å²) in [5, 5.41) is 37.1. The van der Waals surface area contributed by atoms with E-state index in [4.69, 9.17) is 29.1 Å². The van der Waals surface area contributed by atoms with Gasteiger partial charge in [-0.05, 0) is 49.4 Å². The fourth-order valence-electron chi connectivity index (χ4n) is 8.29. The van der Waals surface area contributed by atoms with Crippen LogP contribution in [-0.4, -0.2) is 125 Å². The first-order valence-electron chi connectivity index (χ1n) is 17.4. The summed E-state index contributed by atoms with van der Waals surface area (Å²) in [7, 11) is -4.95. The van der Waals surface area contributed by atoms with Crippen LogP contribution in [0.2, 0.25) is 0 Å². The Balaban J connectivity index is 0.951. The van der Waals surface area contributed by atoms with E-state index in [1.54, 1.807) is 12.1 Å². The summed E-state index contributed by atoms with van der Waals surface area (Å²) in [6, 6.07) is -0.278. The number of nitrogens with zero attached hydrogens (tertiary/aromatic N) is 6. The number of nitrogens with two attached hydrogens (primary N) is 2. The van der Waals surface area contributed by atoms with Crippen LogP contribution >= 0.6 is 0 Å². The molecule has 2 aromatic rings. The van der Waals surface area contributed by atoms with Gasteiger partial charge in [-0.15, -0.1) is 8.57 Å². The third-order valence-electron chi connectivity index (χ3n) is 11.4. The maximum absolute atomic E-state index is 13.7. The molecule has 2 saturated carbocycles. The number of aliphatic hydroxyl groups excluding tert-OH is 2. The molecular formula is C30H44N10O10S. The number of carbonyl (C=O) groups is 2. The molecule has 8 N–H and O–H groups in total. The van der Waals surface area contributed by atoms with Gasteiger partial charge in [-0.25, -0.2) is 9.59 Å². The first-order valence-corrected chi connectivity index (χ1v) is 18.8. The van der Waals surface area contributed by atoms with Gasteiger partial charge in [0.05, 0.1) is 24.2 Å². The van der Waals surface area contributed by atoms with Gasteiger partial charge in [0.2, 0.25) is 0 Å². The van der Waals surface area contributed by atoms with Gasteiger partial charge in [0, 0.05) is 64.5 Å². The van der Waals surface area contributed by atoms with E-state index in [0.717, 1.165) is 35.8 Å². The van der Waals surface area contributed by atoms with Crippen molar-refractivity contribution in [3.63, 3.8) is 0 Å². The number of nitrogens with one attached hydrogen (secondary N) is 2. The molecule has 280 valence electrons. The van der Waals surface area contributed by atoms with E-state index in [-0.39, 0.29) is 37.7 Å². The molecule has 4 saturated heterocycles. The van der Waals surface area contributed by atoms with Gasteiger partial charge in [-0.2, -0.15) is 18.5 Å². The summed E-state index contributed by atoms with van der Waals surface area (Å²) >= 11 is 0. The number of carbonyl (C=O) groups excluding carboxylic acids is 2. The molecule has 4 aliphatic heterocycles. The lowest BCUT2D eigenvalue weighted by Gasteiger charge is -2.36. The monoisotopic (exact) mass is 736 g/mol. The third kappa shape index (κ3) is 6.16. The molecular weight excluding hydrogens is 692 g/mol. The van der Waals surface area contributed by atoms with Crippen molar-refractivity contribution in [3.8, 4) is 0 Å². The summed E-state index contributed by atoms with van der Waals surface area (Å²) in [5.74, 6) is 0.475. The summed E-state index contributed by atoms with van der Waals surface area (Å²) < 4.78 is 48.8. The zero-order valence-electron chi connectivity index (χ0n) is 27.9. The molecule has 6 atom stereocenters. The summed E-state index contributed by atoms with van der Waals surface area (Å²) in [6.07, 6.45) is 2.09. The summed E-state index contributed by atoms with van der Waals surface area (Å²) in [4.78, 5) is 30.5. The van der Waals surface area contributed by atoms with Crippen LogP contribution in [0.25, 0.3) is 0 Å². The molecule has 0 unspecified atom stereocenters. The molecule has 0 radical (unpaired) electrons. The quantitative estimate of drug-likeness (QED) is 0.116. The maximum atomic E-state index is 13.7. The maximum Gasteiger partial charge on any atom is 0.442 e. The van der Waals surface area contributed by atoms with Crippen molar-refractivity contribution in [3.05, 3.63) is 35.0 Å². The van der Waals surface area contributed by atoms with Crippen LogP contribution in [0.5, 0.6) is 0 Å². The topological polar surface area (TPSA) is 268 Å². The second-order valence-corrected chi connectivity index (χ2v) is 15.7. The highest BCUT2D eigenvalue weighted by atomic mass is 32.3. The number of aromatic nitrogens is 2. The van der Waals surface area contributed by atoms with Crippen molar-refractivity contribution in [2.24, 2.45) is 22.3 Å². The lowest BCUT2D eigenvalue weighted by atomic mass is 9.84. The summed E-state index contributed by atoms with van der Waals surface area (Å²) in [6.45, 7) is 2.69. The highest BCUT2D eigenvalue weighted by Crippen LogP contribution is 2.63. The number of urea groups is 2. The van der Waals surface area contributed by atoms with E-state index in [1.807, 2.05) is 0 Å². The lowest BCUT2D eigenvalue weighted by molar-refractivity contribution is -0.101. The van der Waals surface area contributed by atoms with Crippen molar-refractivity contribution in [1.82, 2.24) is 40.9 Å². The molecule has 6 aliphatic rings. The first kappa shape index (κ1) is 34.7. The Labute approximate surface area is 293 Å². The SMILES string of the molecule is NCCNC[C@H](O)c1cc([C@@H]2CC3(CC3)[C@@H]3CN2C(=O)N3OS(=O)(=O)ON2C(=O)N3C[C@H]2C2(CC2)C[C@H]3c2cc([C@@H](O)CNCCN)on2)no1. The van der Waals surface area contributed by atoms with E-state index in [0.29, 0.717) is 50.4 Å². The van der Waals surface area contributed by atoms with Crippen molar-refractivity contribution in [2.75, 3.05) is 52.4 Å². The number of amides is 4. The fraction of sp³-hybridized carbons (Fsp3) is 0.733. The van der Waals surface area contributed by atoms with Gasteiger partial charge in [0.15, 0.2) is 11.5 Å². The fourth-order valence-corrected chi connectivity index (χ4v) is 9.04. The zero-order valence-corrected chi connectivity index (χ0v) is 28.7. The van der Waals surface area contributed by atoms with Crippen molar-refractivity contribution in [2.45, 2.75) is 74.9 Å². The molecule has 21 heteroatoms. The predicted molar refractivity (Wildman–Crippen MR) is 171 cm³/mol. The Morgan fingerprint density at radius 3 is 1.59 bits per heavy atom. The Kier molecular flexibility index (Phi) is 8.78. The van der Waals surface area contributed by atoms with Crippen molar-refractivity contribution >= 4 is 22.5 Å². The van der Waals surface area contributed by atoms with E-state index < -0.39 is 69.7 Å². The Morgan fingerprint density at radius 2 is 1.22 bits per heavy atom. The molecule has 2 aliphatic carbocycles. The number of aliphatic hydroxyl groups is 2. The second kappa shape index (κ2) is 12.9. The minimum Gasteiger partial charge on any atom is -0.384 e. The van der Waals surface area contributed by atoms with Crippen LogP contribution in [0.3, 0.4) is 0 Å². The highest BCUT2D eigenvalue weighted by Gasteiger charge is 2.66. The second-order valence-electron chi connectivity index (χ2n) is 14.6. The lowest BCUT2D eigenvalue weighted by Crippen LogP contribution is -2.45. The minimum absolute atomic E-state index is 0.198. The third-order valence-corrected chi connectivity index (χ3v) is 12.1. The molecule has 4 amide bonds. The molecule has 0 aromatic carbocycles. The zero-order chi connectivity index (χ0) is 35.7. The van der Waals surface area contributed by atoms with Gasteiger partial charge < -0.3 is 51.2 Å². The van der Waals surface area contributed by atoms with Gasteiger partial charge in [-0.3, -0.25) is 0 Å². The van der Waals surface area contributed by atoms with Crippen LogP contribution in [0, 0.1) is 10.8 Å². The largest absolute Gasteiger partial charge is 0.442 e. The molecule has 51 heavy (non-hydrogen) atoms. The Hall–Kier alpha value is -3.41. The Morgan fingerprint density at radius 1 is 0.804 bits per heavy atom. The molecule has 2 spiro atoms. The van der Waals surface area contributed by atoms with Gasteiger partial charge in [0.1, 0.15) is 23.6 Å². The van der Waals surface area contributed by atoms with Crippen LogP contribution in [0.15, 0.2) is 21.2 Å². The summed E-state index contributed by atoms with van der Waals surface area (Å²) in [5.41, 5.74) is 11.1. The molecule has 4 bridgehead atoms. The molecule has 6 heterocycles. The van der Waals surface area contributed by atoms with E-state index in [1.165, 1.54) is 9.80 Å². The van der Waals surface area contributed by atoms with E-state index in [9.17, 15) is 28.2 Å². The number of piperidine rings is 2. The average Bonchev–Trinajstić information content (AvgIpc) is 3.79. The molecule has 6 fully saturated rings. The standard InChI is InChI=1S/C30H44N10O10S/c31-5-7-33-13-21(41)23-9-17(35-47-23)19-11-29(1-2-29)25-15-37(19)27(43)39(25)49-51(45,46)50-40-26-16-38(28(40)44)20(12-30(26)3-4-30)18-10-24(48-36-18)22(42)14-34-8-6-32/h9-10,19-22,25-26,33-34,41-42H,1-8,11-16,31-32H2/t19-,20-,21-,22-,25-,26-/m0/s1. The van der Waals surface area contributed by atoms with E-state index >= 15 is 0 Å². The van der Waals surface area contributed by atoms with Gasteiger partial charge in [-0.1, -0.05) is 10.3 Å².